The van der Waals surface area contributed by atoms with Crippen molar-refractivity contribution in [2.75, 3.05) is 0 Å². The molecule has 2 heteroatoms. The van der Waals surface area contributed by atoms with Crippen LogP contribution in [0.2, 0.25) is 0 Å². The number of hydrogen-bond acceptors (Lipinski definition) is 2. The highest BCUT2D eigenvalue weighted by atomic mass is 16.3. The zero-order valence-corrected chi connectivity index (χ0v) is 12.4. The van der Waals surface area contributed by atoms with E-state index in [9.17, 15) is 5.11 Å². The molecule has 2 saturated carbocycles. The van der Waals surface area contributed by atoms with E-state index in [-0.39, 0.29) is 6.10 Å². The number of rotatable bonds is 2. The minimum Gasteiger partial charge on any atom is -0.392 e. The molecule has 0 aromatic heterocycles. The van der Waals surface area contributed by atoms with Gasteiger partial charge in [0.1, 0.15) is 0 Å². The molecule has 0 spiro atoms. The molecule has 2 fully saturated rings. The van der Waals surface area contributed by atoms with Crippen LogP contribution in [-0.2, 0) is 0 Å². The molecule has 2 aliphatic carbocycles. The quantitative estimate of drug-likeness (QED) is 0.789. The first-order valence-electron chi connectivity index (χ1n) is 7.91. The Hall–Kier alpha value is -0.0800. The lowest BCUT2D eigenvalue weighted by atomic mass is 9.71. The number of nitrogens with one attached hydrogen (secondary N) is 1. The van der Waals surface area contributed by atoms with Crippen molar-refractivity contribution in [2.24, 2.45) is 11.3 Å². The average molecular weight is 253 g/mol. The summed E-state index contributed by atoms with van der Waals surface area (Å²) in [5, 5.41) is 13.7. The van der Waals surface area contributed by atoms with Gasteiger partial charge in [0.05, 0.1) is 6.10 Å². The first kappa shape index (κ1) is 14.3. The van der Waals surface area contributed by atoms with Crippen molar-refractivity contribution in [1.29, 1.82) is 0 Å². The molecule has 0 bridgehead atoms. The highest BCUT2D eigenvalue weighted by Gasteiger charge is 2.31. The number of hydrogen-bond donors (Lipinski definition) is 2. The van der Waals surface area contributed by atoms with Gasteiger partial charge >= 0.3 is 0 Å². The summed E-state index contributed by atoms with van der Waals surface area (Å²) in [7, 11) is 0. The average Bonchev–Trinajstić information content (AvgIpc) is 2.32. The zero-order chi connectivity index (χ0) is 13.2. The van der Waals surface area contributed by atoms with Gasteiger partial charge in [0.2, 0.25) is 0 Å². The minimum atomic E-state index is -0.0981. The summed E-state index contributed by atoms with van der Waals surface area (Å²) in [5.41, 5.74) is 0.468. The lowest BCUT2D eigenvalue weighted by Gasteiger charge is -2.39. The summed E-state index contributed by atoms with van der Waals surface area (Å²) < 4.78 is 0. The molecule has 106 valence electrons. The van der Waals surface area contributed by atoms with E-state index in [4.69, 9.17) is 0 Å². The van der Waals surface area contributed by atoms with E-state index < -0.39 is 0 Å². The maximum atomic E-state index is 10.0. The van der Waals surface area contributed by atoms with Crippen molar-refractivity contribution < 1.29 is 5.11 Å². The largest absolute Gasteiger partial charge is 0.392 e. The third kappa shape index (κ3) is 3.71. The van der Waals surface area contributed by atoms with Gasteiger partial charge in [0.15, 0.2) is 0 Å². The van der Waals surface area contributed by atoms with Crippen LogP contribution in [0, 0.1) is 11.3 Å². The van der Waals surface area contributed by atoms with Crippen LogP contribution in [0.3, 0.4) is 0 Å². The lowest BCUT2D eigenvalue weighted by Crippen LogP contribution is -2.48. The van der Waals surface area contributed by atoms with E-state index in [0.717, 1.165) is 12.3 Å². The van der Waals surface area contributed by atoms with Gasteiger partial charge in [-0.1, -0.05) is 33.6 Å². The van der Waals surface area contributed by atoms with E-state index in [1.807, 2.05) is 0 Å². The summed E-state index contributed by atoms with van der Waals surface area (Å²) >= 11 is 0. The Morgan fingerprint density at radius 2 is 1.50 bits per heavy atom. The first-order valence-corrected chi connectivity index (χ1v) is 7.91. The molecule has 0 aromatic rings. The number of aliphatic hydroxyl groups is 1. The van der Waals surface area contributed by atoms with Crippen molar-refractivity contribution in [2.45, 2.75) is 90.3 Å². The summed E-state index contributed by atoms with van der Waals surface area (Å²) in [5.74, 6) is 0.881. The lowest BCUT2D eigenvalue weighted by molar-refractivity contribution is 0.0745. The van der Waals surface area contributed by atoms with Crippen LogP contribution in [0.5, 0.6) is 0 Å². The summed E-state index contributed by atoms with van der Waals surface area (Å²) in [4.78, 5) is 0. The Morgan fingerprint density at radius 3 is 2.06 bits per heavy atom. The molecule has 0 amide bonds. The van der Waals surface area contributed by atoms with Crippen molar-refractivity contribution in [1.82, 2.24) is 5.32 Å². The van der Waals surface area contributed by atoms with Crippen LogP contribution in [-0.4, -0.2) is 23.3 Å². The summed E-state index contributed by atoms with van der Waals surface area (Å²) in [6, 6.07) is 1.02. The Labute approximate surface area is 113 Å². The van der Waals surface area contributed by atoms with E-state index in [1.54, 1.807) is 0 Å². The maximum absolute atomic E-state index is 10.0. The molecule has 2 rings (SSSR count). The molecule has 0 aromatic carbocycles. The van der Waals surface area contributed by atoms with Crippen molar-refractivity contribution in [3.05, 3.63) is 0 Å². The molecule has 0 aliphatic heterocycles. The maximum Gasteiger partial charge on any atom is 0.0693 e. The zero-order valence-electron chi connectivity index (χ0n) is 12.4. The number of aliphatic hydroxyl groups excluding tert-OH is 1. The smallest absolute Gasteiger partial charge is 0.0693 e. The second-order valence-electron chi connectivity index (χ2n) is 7.54. The normalized spacial score (nSPS) is 38.7. The highest BCUT2D eigenvalue weighted by Crippen LogP contribution is 2.38. The van der Waals surface area contributed by atoms with Crippen molar-refractivity contribution in [3.8, 4) is 0 Å². The molecule has 2 N–H and O–H groups in total. The van der Waals surface area contributed by atoms with Crippen LogP contribution >= 0.6 is 0 Å². The van der Waals surface area contributed by atoms with Crippen molar-refractivity contribution >= 4 is 0 Å². The molecule has 2 aliphatic rings. The van der Waals surface area contributed by atoms with Gasteiger partial charge in [-0.25, -0.2) is 0 Å². The fraction of sp³-hybridized carbons (Fsp3) is 1.00. The van der Waals surface area contributed by atoms with Crippen LogP contribution < -0.4 is 5.32 Å². The fourth-order valence-corrected chi connectivity index (χ4v) is 3.73. The third-order valence-electron chi connectivity index (χ3n) is 5.13. The molecular weight excluding hydrogens is 222 g/mol. The molecule has 0 heterocycles. The Kier molecular flexibility index (Phi) is 4.71. The predicted octanol–water partition coefficient (Wildman–Crippen LogP) is 3.48. The van der Waals surface area contributed by atoms with Crippen LogP contribution in [0.25, 0.3) is 0 Å². The van der Waals surface area contributed by atoms with E-state index in [0.29, 0.717) is 17.5 Å². The monoisotopic (exact) mass is 253 g/mol. The third-order valence-corrected chi connectivity index (χ3v) is 5.13. The Bertz CT molecular complexity index is 250. The van der Waals surface area contributed by atoms with Crippen LogP contribution in [0.4, 0.5) is 0 Å². The van der Waals surface area contributed by atoms with Gasteiger partial charge in [0.25, 0.3) is 0 Å². The van der Waals surface area contributed by atoms with Crippen molar-refractivity contribution in [3.63, 3.8) is 0 Å². The first-order chi connectivity index (χ1) is 8.47. The second-order valence-corrected chi connectivity index (χ2v) is 7.54. The predicted molar refractivity (Wildman–Crippen MR) is 76.6 cm³/mol. The van der Waals surface area contributed by atoms with Gasteiger partial charge in [-0.2, -0.15) is 0 Å². The van der Waals surface area contributed by atoms with Crippen LogP contribution in [0.1, 0.15) is 72.1 Å². The fourth-order valence-electron chi connectivity index (χ4n) is 3.73. The van der Waals surface area contributed by atoms with Gasteiger partial charge in [-0.15, -0.1) is 0 Å². The van der Waals surface area contributed by atoms with Gasteiger partial charge in [-0.3, -0.25) is 0 Å². The topological polar surface area (TPSA) is 32.3 Å². The van der Waals surface area contributed by atoms with Gasteiger partial charge in [-0.05, 0) is 49.9 Å². The molecular formula is C16H31NO. The summed E-state index contributed by atoms with van der Waals surface area (Å²) in [6.45, 7) is 7.11. The standard InChI is InChI=1S/C16H31NO/c1-16(2,3)12-8-10-13(11-9-12)17-14-6-4-5-7-15(14)18/h12-15,17-18H,4-11H2,1-3H3. The van der Waals surface area contributed by atoms with E-state index in [2.05, 4.69) is 26.1 Å². The molecule has 0 radical (unpaired) electrons. The van der Waals surface area contributed by atoms with E-state index in [1.165, 1.54) is 44.9 Å². The molecule has 2 nitrogen and oxygen atoms in total. The molecule has 2 unspecified atom stereocenters. The van der Waals surface area contributed by atoms with E-state index >= 15 is 0 Å². The van der Waals surface area contributed by atoms with Gasteiger partial charge in [0, 0.05) is 12.1 Å². The van der Waals surface area contributed by atoms with Gasteiger partial charge < -0.3 is 10.4 Å². The SMILES string of the molecule is CC(C)(C)C1CCC(NC2CCCCC2O)CC1. The second kappa shape index (κ2) is 5.92. The van der Waals surface area contributed by atoms with Crippen LogP contribution in [0.15, 0.2) is 0 Å². The molecule has 2 atom stereocenters. The Balaban J connectivity index is 1.76. The summed E-state index contributed by atoms with van der Waals surface area (Å²) in [6.07, 6.45) is 9.85. The Morgan fingerprint density at radius 1 is 0.889 bits per heavy atom. The highest BCUT2D eigenvalue weighted by molar-refractivity contribution is 4.88. The minimum absolute atomic E-state index is 0.0981. The molecule has 18 heavy (non-hydrogen) atoms. The molecule has 0 saturated heterocycles.